The van der Waals surface area contributed by atoms with Crippen molar-refractivity contribution < 1.29 is 140 Å². The van der Waals surface area contributed by atoms with Crippen molar-refractivity contribution >= 4 is 30.0 Å². The summed E-state index contributed by atoms with van der Waals surface area (Å²) in [5.74, 6) is 3.92. The number of urea groups is 1. The van der Waals surface area contributed by atoms with Crippen LogP contribution in [0.2, 0.25) is 0 Å². The van der Waals surface area contributed by atoms with E-state index in [9.17, 15) is 14.4 Å². The van der Waals surface area contributed by atoms with Crippen LogP contribution in [0.1, 0.15) is 33.1 Å². The number of amides is 3. The summed E-state index contributed by atoms with van der Waals surface area (Å²) in [6.07, 6.45) is 2.42. The normalized spacial score (nSPS) is 23.2. The number of nitrogens with two attached hydrogens (primary N) is 1. The average Bonchev–Trinajstić information content (AvgIpc) is 3.05. The molecule has 0 spiro atoms. The summed E-state index contributed by atoms with van der Waals surface area (Å²) in [5, 5.41) is 3.79. The zero-order valence-corrected chi connectivity index (χ0v) is 25.8. The molecule has 1 saturated carbocycles. The molecule has 2 N–H and O–H groups in total. The zero-order valence-electron chi connectivity index (χ0n) is 15.2. The van der Waals surface area contributed by atoms with Crippen LogP contribution in [0.4, 0.5) is 4.79 Å². The van der Waals surface area contributed by atoms with Crippen LogP contribution in [0, 0.1) is 11.2 Å². The van der Waals surface area contributed by atoms with Gasteiger partial charge in [0.1, 0.15) is 5.76 Å². The van der Waals surface area contributed by atoms with Gasteiger partial charge in [0.2, 0.25) is 0 Å². The van der Waals surface area contributed by atoms with E-state index in [2.05, 4.69) is 9.60 Å². The van der Waals surface area contributed by atoms with Crippen LogP contribution in [0.3, 0.4) is 0 Å². The molecule has 25 heavy (non-hydrogen) atoms. The molecule has 0 aromatic rings. The Morgan fingerprint density at radius 3 is 2.56 bits per heavy atom. The topological polar surface area (TPSA) is 113 Å². The van der Waals surface area contributed by atoms with E-state index < -0.39 is 17.9 Å². The third kappa shape index (κ3) is 6.19. The molecule has 8 nitrogen and oxygen atoms in total. The second-order valence-electron chi connectivity index (χ2n) is 5.38. The molecule has 11 heteroatoms. The van der Waals surface area contributed by atoms with Crippen LogP contribution in [-0.2, 0) is 18.6 Å². The van der Waals surface area contributed by atoms with Crippen LogP contribution in [0.15, 0.2) is 11.3 Å². The monoisotopic (exact) mass is 511 g/mol. The minimum atomic E-state index is -0.641. The molecule has 1 saturated heterocycles. The molecular formula is C14H19N3O5Rb2S. The van der Waals surface area contributed by atoms with Crippen molar-refractivity contribution in [3.05, 3.63) is 21.9 Å². The zero-order chi connectivity index (χ0) is 17.1. The van der Waals surface area contributed by atoms with E-state index in [1.807, 2.05) is 0 Å². The summed E-state index contributed by atoms with van der Waals surface area (Å²) in [7, 11) is 1.36. The fourth-order valence-corrected chi connectivity index (χ4v) is 3.40. The first kappa shape index (κ1) is 26.9. The van der Waals surface area contributed by atoms with Crippen LogP contribution in [0.25, 0.3) is 5.32 Å². The number of likely N-dealkylation sites (tertiary alicyclic amines) is 1. The smallest absolute Gasteiger partial charge is 0.455 e. The Bertz CT molecular complexity index is 561. The maximum absolute atomic E-state index is 12.6. The van der Waals surface area contributed by atoms with Crippen molar-refractivity contribution in [1.29, 1.82) is 0 Å². The minimum absolute atomic E-state index is 0. The summed E-state index contributed by atoms with van der Waals surface area (Å²) < 4.78 is 9.56. The number of ether oxygens (including phenoxy) is 1. The van der Waals surface area contributed by atoms with E-state index in [4.69, 9.17) is 10.6 Å². The fraction of sp³-hybridized carbons (Fsp3) is 0.571. The molecule has 0 bridgehead atoms. The number of allylic oxidation sites excluding steroid dienone is 1. The third-order valence-corrected chi connectivity index (χ3v) is 4.63. The predicted molar refractivity (Wildman–Crippen MR) is 83.2 cm³/mol. The first-order valence-electron chi connectivity index (χ1n) is 7.19. The van der Waals surface area contributed by atoms with E-state index >= 15 is 0 Å². The van der Waals surface area contributed by atoms with Gasteiger partial charge in [-0.1, -0.05) is 13.5 Å². The summed E-state index contributed by atoms with van der Waals surface area (Å²) >= 11 is 0.686. The molecule has 1 aliphatic heterocycles. The summed E-state index contributed by atoms with van der Waals surface area (Å²) in [6.45, 7) is 3.05. The van der Waals surface area contributed by atoms with Crippen LogP contribution >= 0.6 is 12.0 Å². The first-order chi connectivity index (χ1) is 10.9. The molecule has 2 unspecified atom stereocenters. The Balaban J connectivity index is 0.00000288. The van der Waals surface area contributed by atoms with Gasteiger partial charge in [-0.25, -0.2) is 5.90 Å². The molecule has 2 fully saturated rings. The van der Waals surface area contributed by atoms with E-state index in [0.717, 1.165) is 19.3 Å². The second kappa shape index (κ2) is 12.5. The van der Waals surface area contributed by atoms with Gasteiger partial charge in [-0.05, 0) is 31.7 Å². The van der Waals surface area contributed by atoms with Gasteiger partial charge in [-0.2, -0.15) is 12.2 Å². The summed E-state index contributed by atoms with van der Waals surface area (Å²) in [4.78, 5) is 37.6. The standard InChI is InChI=1S/C14H20N3O5S.2Rb/c1-7(21-13(19)8(2)23-22-15)11-9-5-4-6-10(9)17(12(11)18)14(20)16-3;;/h9-10H,4-6,15H2,1-3H3,(H,16,20);;/q-1;2*+1/p-1/b11-7-;;. The molecule has 1 heterocycles. The van der Waals surface area contributed by atoms with Crippen molar-refractivity contribution in [2.45, 2.75) is 39.2 Å². The Labute approximate surface area is 249 Å². The van der Waals surface area contributed by atoms with Gasteiger partial charge in [-0.3, -0.25) is 18.7 Å². The van der Waals surface area contributed by atoms with Crippen molar-refractivity contribution in [3.63, 3.8) is 0 Å². The number of imide groups is 1. The number of esters is 1. The van der Waals surface area contributed by atoms with Gasteiger partial charge >= 0.3 is 116 Å². The predicted octanol–water partition coefficient (Wildman–Crippen LogP) is -3.96. The number of carbonyl (C=O) groups excluding carboxylic acids is 3. The molecule has 3 amide bonds. The Morgan fingerprint density at radius 1 is 1.36 bits per heavy atom. The number of hydrogen-bond donors (Lipinski definition) is 1. The van der Waals surface area contributed by atoms with E-state index in [0.29, 0.717) is 17.6 Å². The molecule has 128 valence electrons. The quantitative estimate of drug-likeness (QED) is 0.102. The van der Waals surface area contributed by atoms with Crippen molar-refractivity contribution in [2.24, 2.45) is 11.8 Å². The minimum Gasteiger partial charge on any atom is -0.455 e. The molecule has 0 aromatic carbocycles. The Morgan fingerprint density at radius 2 is 2.00 bits per heavy atom. The second-order valence-corrected chi connectivity index (χ2v) is 6.35. The SMILES string of the molecule is C[N-]C(=O)N1C(=O)/C(=C(/C)OC(=O)[C-](C)SON)C2CCCC21.[Rb+].[Rb+]. The number of fused-ring (bicyclic) bond motifs is 1. The molecule has 2 aliphatic rings. The van der Waals surface area contributed by atoms with Crippen molar-refractivity contribution in [3.8, 4) is 0 Å². The van der Waals surface area contributed by atoms with Crippen molar-refractivity contribution in [2.75, 3.05) is 7.05 Å². The molecule has 0 radical (unpaired) electrons. The first-order valence-corrected chi connectivity index (χ1v) is 7.93. The van der Waals surface area contributed by atoms with Crippen molar-refractivity contribution in [1.82, 2.24) is 4.90 Å². The van der Waals surface area contributed by atoms with E-state index in [1.165, 1.54) is 18.9 Å². The largest absolute Gasteiger partial charge is 1.00 e. The van der Waals surface area contributed by atoms with Gasteiger partial charge in [0.05, 0.1) is 0 Å². The molecular weight excluding hydrogens is 493 g/mol. The number of hydrogen-bond acceptors (Lipinski definition) is 7. The van der Waals surface area contributed by atoms with Crippen LogP contribution in [0.5, 0.6) is 0 Å². The van der Waals surface area contributed by atoms with Crippen LogP contribution < -0.4 is 122 Å². The Kier molecular flexibility index (Phi) is 13.4. The molecule has 0 aromatic heterocycles. The third-order valence-electron chi connectivity index (χ3n) is 4.11. The summed E-state index contributed by atoms with van der Waals surface area (Å²) in [6, 6.07) is -0.759. The van der Waals surface area contributed by atoms with Gasteiger partial charge in [0, 0.05) is 5.57 Å². The van der Waals surface area contributed by atoms with E-state index in [1.54, 1.807) is 6.92 Å². The average molecular weight is 512 g/mol. The van der Waals surface area contributed by atoms with E-state index in [-0.39, 0.29) is 139 Å². The maximum Gasteiger partial charge on any atom is 1.00 e. The number of carbonyl (C=O) groups is 3. The molecule has 2 atom stereocenters. The van der Waals surface area contributed by atoms with Crippen LogP contribution in [-0.4, -0.2) is 35.9 Å². The van der Waals surface area contributed by atoms with Gasteiger partial charge in [0.15, 0.2) is 17.9 Å². The summed E-state index contributed by atoms with van der Waals surface area (Å²) in [5.41, 5.74) is 0.379. The van der Waals surface area contributed by atoms with Gasteiger partial charge < -0.3 is 15.0 Å². The Hall–Kier alpha value is 1.90. The maximum atomic E-state index is 12.6. The number of nitrogens with zero attached hydrogens (tertiary/aromatic N) is 2. The van der Waals surface area contributed by atoms with Gasteiger partial charge in [-0.15, -0.1) is 12.0 Å². The fourth-order valence-electron chi connectivity index (χ4n) is 3.15. The number of rotatable bonds is 4. The molecule has 1 aliphatic carbocycles. The van der Waals surface area contributed by atoms with Gasteiger partial charge in [0.25, 0.3) is 0 Å². The molecule has 2 rings (SSSR count).